The molecular weight excluding hydrogens is 220 g/mol. The first-order chi connectivity index (χ1) is 5.84. The fraction of sp³-hybridized carbons (Fsp3) is 0.375. The Kier molecular flexibility index (Phi) is 2.28. The predicted molar refractivity (Wildman–Crippen MR) is 50.2 cm³/mol. The molecule has 0 saturated carbocycles. The molecule has 0 aliphatic carbocycles. The van der Waals surface area contributed by atoms with Gasteiger partial charge in [-0.15, -0.1) is 0 Å². The van der Waals surface area contributed by atoms with E-state index < -0.39 is 0 Å². The van der Waals surface area contributed by atoms with Crippen LogP contribution in [0.3, 0.4) is 0 Å². The molecule has 1 fully saturated rings. The molecule has 2 rings (SSSR count). The van der Waals surface area contributed by atoms with Gasteiger partial charge in [-0.3, -0.25) is 0 Å². The summed E-state index contributed by atoms with van der Waals surface area (Å²) >= 11 is 3.30. The molecule has 0 amide bonds. The van der Waals surface area contributed by atoms with Crippen molar-refractivity contribution in [2.24, 2.45) is 0 Å². The van der Waals surface area contributed by atoms with Crippen LogP contribution in [0.1, 0.15) is 0 Å². The highest BCUT2D eigenvalue weighted by molar-refractivity contribution is 9.10. The smallest absolute Gasteiger partial charge is 0.127 e. The molecule has 64 valence electrons. The lowest BCUT2D eigenvalue weighted by Gasteiger charge is -2.02. The minimum atomic E-state index is 0.394. The van der Waals surface area contributed by atoms with Crippen LogP contribution in [0.25, 0.3) is 0 Å². The van der Waals surface area contributed by atoms with Gasteiger partial charge in [-0.2, -0.15) is 0 Å². The SMILES string of the molecule is Brc1cccc(NCC2CO2)n1. The van der Waals surface area contributed by atoms with Crippen LogP contribution in [0.5, 0.6) is 0 Å². The fourth-order valence-corrected chi connectivity index (χ4v) is 1.25. The summed E-state index contributed by atoms with van der Waals surface area (Å²) in [7, 11) is 0. The Labute approximate surface area is 79.3 Å². The van der Waals surface area contributed by atoms with Crippen LogP contribution in [0, 0.1) is 0 Å². The molecule has 4 heteroatoms. The van der Waals surface area contributed by atoms with Gasteiger partial charge in [-0.25, -0.2) is 4.98 Å². The lowest BCUT2D eigenvalue weighted by molar-refractivity contribution is 0.416. The van der Waals surface area contributed by atoms with Crippen LogP contribution in [-0.4, -0.2) is 24.2 Å². The molecule has 1 aliphatic rings. The standard InChI is InChI=1S/C8H9BrN2O/c9-7-2-1-3-8(11-7)10-4-6-5-12-6/h1-3,6H,4-5H2,(H,10,11). The van der Waals surface area contributed by atoms with Crippen molar-refractivity contribution < 1.29 is 4.74 Å². The molecule has 1 atom stereocenters. The maximum absolute atomic E-state index is 5.06. The van der Waals surface area contributed by atoms with E-state index in [2.05, 4.69) is 26.2 Å². The average molecular weight is 229 g/mol. The van der Waals surface area contributed by atoms with E-state index in [1.54, 1.807) is 0 Å². The van der Waals surface area contributed by atoms with Crippen LogP contribution in [0.15, 0.2) is 22.8 Å². The van der Waals surface area contributed by atoms with Gasteiger partial charge in [0.25, 0.3) is 0 Å². The minimum absolute atomic E-state index is 0.394. The number of epoxide rings is 1. The van der Waals surface area contributed by atoms with Crippen molar-refractivity contribution in [2.75, 3.05) is 18.5 Å². The maximum Gasteiger partial charge on any atom is 0.127 e. The van der Waals surface area contributed by atoms with E-state index in [0.717, 1.165) is 23.6 Å². The quantitative estimate of drug-likeness (QED) is 0.632. The summed E-state index contributed by atoms with van der Waals surface area (Å²) in [6.45, 7) is 1.73. The van der Waals surface area contributed by atoms with E-state index in [0.29, 0.717) is 6.10 Å². The summed E-state index contributed by atoms with van der Waals surface area (Å²) in [5, 5.41) is 3.18. The van der Waals surface area contributed by atoms with Crippen molar-refractivity contribution in [1.82, 2.24) is 4.98 Å². The zero-order valence-electron chi connectivity index (χ0n) is 6.46. The number of halogens is 1. The Balaban J connectivity index is 1.92. The number of nitrogens with zero attached hydrogens (tertiary/aromatic N) is 1. The molecule has 1 aromatic heterocycles. The van der Waals surface area contributed by atoms with Crippen molar-refractivity contribution in [3.63, 3.8) is 0 Å². The van der Waals surface area contributed by atoms with E-state index in [9.17, 15) is 0 Å². The summed E-state index contributed by atoms with van der Waals surface area (Å²) in [5.41, 5.74) is 0. The molecule has 0 spiro atoms. The maximum atomic E-state index is 5.06. The van der Waals surface area contributed by atoms with Crippen molar-refractivity contribution in [2.45, 2.75) is 6.10 Å². The normalized spacial score (nSPS) is 20.6. The molecule has 0 bridgehead atoms. The molecule has 2 heterocycles. The third-order valence-electron chi connectivity index (χ3n) is 1.63. The van der Waals surface area contributed by atoms with Crippen LogP contribution in [0.2, 0.25) is 0 Å². The number of hydrogen-bond donors (Lipinski definition) is 1. The topological polar surface area (TPSA) is 37.5 Å². The minimum Gasteiger partial charge on any atom is -0.371 e. The number of anilines is 1. The highest BCUT2D eigenvalue weighted by Gasteiger charge is 2.21. The Bertz CT molecular complexity index is 276. The first-order valence-electron chi connectivity index (χ1n) is 3.82. The van der Waals surface area contributed by atoms with E-state index in [1.807, 2.05) is 18.2 Å². The van der Waals surface area contributed by atoms with E-state index in [1.165, 1.54) is 0 Å². The van der Waals surface area contributed by atoms with Crippen molar-refractivity contribution in [1.29, 1.82) is 0 Å². The van der Waals surface area contributed by atoms with Crippen molar-refractivity contribution in [3.8, 4) is 0 Å². The Morgan fingerprint density at radius 1 is 1.67 bits per heavy atom. The molecule has 0 radical (unpaired) electrons. The second-order valence-electron chi connectivity index (χ2n) is 2.68. The average Bonchev–Trinajstić information content (AvgIpc) is 2.84. The van der Waals surface area contributed by atoms with Crippen molar-refractivity contribution in [3.05, 3.63) is 22.8 Å². The number of ether oxygens (including phenoxy) is 1. The summed E-state index contributed by atoms with van der Waals surface area (Å²) < 4.78 is 5.91. The number of hydrogen-bond acceptors (Lipinski definition) is 3. The zero-order valence-corrected chi connectivity index (χ0v) is 8.04. The highest BCUT2D eigenvalue weighted by atomic mass is 79.9. The van der Waals surface area contributed by atoms with Crippen LogP contribution >= 0.6 is 15.9 Å². The summed E-state index contributed by atoms with van der Waals surface area (Å²) in [5.74, 6) is 0.889. The Hall–Kier alpha value is -0.610. The molecule has 1 N–H and O–H groups in total. The van der Waals surface area contributed by atoms with Gasteiger partial charge in [-0.05, 0) is 28.1 Å². The largest absolute Gasteiger partial charge is 0.371 e. The monoisotopic (exact) mass is 228 g/mol. The zero-order chi connectivity index (χ0) is 8.39. The van der Waals surface area contributed by atoms with Gasteiger partial charge in [0, 0.05) is 6.54 Å². The lowest BCUT2D eigenvalue weighted by Crippen LogP contribution is -2.08. The molecule has 12 heavy (non-hydrogen) atoms. The lowest BCUT2D eigenvalue weighted by atomic mass is 10.4. The van der Waals surface area contributed by atoms with Gasteiger partial charge < -0.3 is 10.1 Å². The van der Waals surface area contributed by atoms with Gasteiger partial charge in [0.15, 0.2) is 0 Å². The van der Waals surface area contributed by atoms with Gasteiger partial charge in [0.2, 0.25) is 0 Å². The summed E-state index contributed by atoms with van der Waals surface area (Å²) in [6.07, 6.45) is 0.394. The Morgan fingerprint density at radius 3 is 3.17 bits per heavy atom. The number of nitrogens with one attached hydrogen (secondary N) is 1. The third-order valence-corrected chi connectivity index (χ3v) is 2.07. The second kappa shape index (κ2) is 3.41. The molecule has 1 unspecified atom stereocenters. The predicted octanol–water partition coefficient (Wildman–Crippen LogP) is 1.65. The van der Waals surface area contributed by atoms with Gasteiger partial charge in [-0.1, -0.05) is 6.07 Å². The first kappa shape index (κ1) is 8.01. The molecule has 0 aromatic carbocycles. The van der Waals surface area contributed by atoms with Crippen LogP contribution in [0.4, 0.5) is 5.82 Å². The van der Waals surface area contributed by atoms with E-state index >= 15 is 0 Å². The second-order valence-corrected chi connectivity index (χ2v) is 3.49. The summed E-state index contributed by atoms with van der Waals surface area (Å²) in [4.78, 5) is 4.22. The van der Waals surface area contributed by atoms with Gasteiger partial charge in [0.05, 0.1) is 12.7 Å². The third kappa shape index (κ3) is 2.19. The molecule has 1 saturated heterocycles. The molecular formula is C8H9BrN2O. The van der Waals surface area contributed by atoms with Crippen LogP contribution in [-0.2, 0) is 4.74 Å². The van der Waals surface area contributed by atoms with E-state index in [-0.39, 0.29) is 0 Å². The van der Waals surface area contributed by atoms with Gasteiger partial charge >= 0.3 is 0 Å². The van der Waals surface area contributed by atoms with E-state index in [4.69, 9.17) is 4.74 Å². The number of pyridine rings is 1. The molecule has 1 aromatic rings. The number of rotatable bonds is 3. The van der Waals surface area contributed by atoms with Crippen molar-refractivity contribution >= 4 is 21.7 Å². The fourth-order valence-electron chi connectivity index (χ4n) is 0.911. The van der Waals surface area contributed by atoms with Crippen LogP contribution < -0.4 is 5.32 Å². The van der Waals surface area contributed by atoms with Gasteiger partial charge in [0.1, 0.15) is 10.4 Å². The first-order valence-corrected chi connectivity index (χ1v) is 4.62. The number of aromatic nitrogens is 1. The highest BCUT2D eigenvalue weighted by Crippen LogP contribution is 2.12. The molecule has 3 nitrogen and oxygen atoms in total. The Morgan fingerprint density at radius 2 is 2.50 bits per heavy atom. The summed E-state index contributed by atoms with van der Waals surface area (Å²) in [6, 6.07) is 5.79. The molecule has 1 aliphatic heterocycles.